The first-order chi connectivity index (χ1) is 12.3. The lowest BCUT2D eigenvalue weighted by Gasteiger charge is -2.17. The maximum atomic E-state index is 13.3. The van der Waals surface area contributed by atoms with E-state index in [0.717, 1.165) is 5.56 Å². The Morgan fingerprint density at radius 1 is 1.31 bits per heavy atom. The minimum Gasteiger partial charge on any atom is -0.347 e. The van der Waals surface area contributed by atoms with Crippen LogP contribution in [-0.4, -0.2) is 34.3 Å². The van der Waals surface area contributed by atoms with Gasteiger partial charge in [-0.15, -0.1) is 0 Å². The molecule has 6 nitrogen and oxygen atoms in total. The third-order valence-electron chi connectivity index (χ3n) is 4.55. The highest BCUT2D eigenvalue weighted by Crippen LogP contribution is 2.16. The van der Waals surface area contributed by atoms with Gasteiger partial charge in [0, 0.05) is 25.2 Å². The Bertz CT molecular complexity index is 922. The summed E-state index contributed by atoms with van der Waals surface area (Å²) >= 11 is 0. The van der Waals surface area contributed by atoms with Gasteiger partial charge in [0.2, 0.25) is 5.91 Å². The summed E-state index contributed by atoms with van der Waals surface area (Å²) in [6.45, 7) is 4.18. The van der Waals surface area contributed by atoms with E-state index in [1.54, 1.807) is 30.0 Å². The first kappa shape index (κ1) is 17.8. The first-order valence-electron chi connectivity index (χ1n) is 8.37. The third kappa shape index (κ3) is 3.82. The van der Waals surface area contributed by atoms with Crippen molar-refractivity contribution in [3.63, 3.8) is 0 Å². The molecule has 2 aromatic rings. The lowest BCUT2D eigenvalue weighted by atomic mass is 10.1. The number of hydrogen-bond donors (Lipinski definition) is 2. The highest BCUT2D eigenvalue weighted by molar-refractivity contribution is 5.95. The number of benzene rings is 1. The summed E-state index contributed by atoms with van der Waals surface area (Å²) in [5.41, 5.74) is 1.79. The number of pyridine rings is 1. The largest absolute Gasteiger partial charge is 0.347 e. The van der Waals surface area contributed by atoms with Gasteiger partial charge in [-0.3, -0.25) is 14.4 Å². The molecule has 1 aromatic heterocycles. The van der Waals surface area contributed by atoms with Crippen LogP contribution in [0.3, 0.4) is 0 Å². The summed E-state index contributed by atoms with van der Waals surface area (Å²) in [5, 5.41) is 2.74. The van der Waals surface area contributed by atoms with Crippen LogP contribution in [0.2, 0.25) is 0 Å². The number of rotatable bonds is 4. The van der Waals surface area contributed by atoms with Crippen LogP contribution in [0, 0.1) is 19.7 Å². The highest BCUT2D eigenvalue weighted by Gasteiger charge is 2.31. The molecular formula is C19H20FN3O3. The van der Waals surface area contributed by atoms with E-state index in [4.69, 9.17) is 0 Å². The van der Waals surface area contributed by atoms with E-state index in [-0.39, 0.29) is 36.3 Å². The molecule has 2 N–H and O–H groups in total. The number of amides is 2. The van der Waals surface area contributed by atoms with Gasteiger partial charge in [-0.2, -0.15) is 0 Å². The van der Waals surface area contributed by atoms with Gasteiger partial charge in [-0.25, -0.2) is 4.39 Å². The van der Waals surface area contributed by atoms with E-state index in [0.29, 0.717) is 17.8 Å². The van der Waals surface area contributed by atoms with E-state index in [2.05, 4.69) is 10.3 Å². The van der Waals surface area contributed by atoms with Crippen LogP contribution in [0.4, 0.5) is 4.39 Å². The first-order valence-corrected chi connectivity index (χ1v) is 8.37. The minimum absolute atomic E-state index is 0.0316. The van der Waals surface area contributed by atoms with Crippen molar-refractivity contribution < 1.29 is 14.0 Å². The van der Waals surface area contributed by atoms with Gasteiger partial charge in [-0.05, 0) is 43.2 Å². The maximum Gasteiger partial charge on any atom is 0.261 e. The fourth-order valence-corrected chi connectivity index (χ4v) is 3.04. The fourth-order valence-electron chi connectivity index (χ4n) is 3.04. The zero-order chi connectivity index (χ0) is 18.8. The highest BCUT2D eigenvalue weighted by atomic mass is 19.1. The van der Waals surface area contributed by atoms with Gasteiger partial charge < -0.3 is 15.2 Å². The number of nitrogens with zero attached hydrogens (tertiary/aromatic N) is 1. The second-order valence-corrected chi connectivity index (χ2v) is 6.60. The molecular weight excluding hydrogens is 337 g/mol. The molecule has 0 aliphatic carbocycles. The molecule has 1 aromatic carbocycles. The Hall–Kier alpha value is -2.96. The Morgan fingerprint density at radius 2 is 2.08 bits per heavy atom. The monoisotopic (exact) mass is 357 g/mol. The van der Waals surface area contributed by atoms with Gasteiger partial charge in [0.1, 0.15) is 11.4 Å². The third-order valence-corrected chi connectivity index (χ3v) is 4.55. The number of likely N-dealkylation sites (tertiary alicyclic amines) is 1. The molecule has 0 bridgehead atoms. The van der Waals surface area contributed by atoms with Crippen LogP contribution < -0.4 is 10.9 Å². The molecule has 1 fully saturated rings. The minimum atomic E-state index is -0.500. The van der Waals surface area contributed by atoms with E-state index >= 15 is 0 Å². The van der Waals surface area contributed by atoms with E-state index in [9.17, 15) is 18.8 Å². The molecule has 26 heavy (non-hydrogen) atoms. The van der Waals surface area contributed by atoms with Gasteiger partial charge in [0.25, 0.3) is 11.5 Å². The number of hydrogen-bond acceptors (Lipinski definition) is 3. The Kier molecular flexibility index (Phi) is 4.88. The van der Waals surface area contributed by atoms with Gasteiger partial charge >= 0.3 is 0 Å². The van der Waals surface area contributed by atoms with E-state index in [1.165, 1.54) is 12.1 Å². The summed E-state index contributed by atoms with van der Waals surface area (Å²) in [4.78, 5) is 40.8. The smallest absolute Gasteiger partial charge is 0.261 e. The number of halogens is 1. The fraction of sp³-hybridized carbons (Fsp3) is 0.316. The van der Waals surface area contributed by atoms with Crippen molar-refractivity contribution >= 4 is 11.8 Å². The Morgan fingerprint density at radius 3 is 2.81 bits per heavy atom. The summed E-state index contributed by atoms with van der Waals surface area (Å²) in [6.07, 6.45) is 0.157. The molecule has 1 saturated heterocycles. The molecule has 136 valence electrons. The molecule has 7 heteroatoms. The number of aromatic nitrogens is 1. The molecule has 0 spiro atoms. The topological polar surface area (TPSA) is 82.3 Å². The van der Waals surface area contributed by atoms with Crippen LogP contribution >= 0.6 is 0 Å². The zero-order valence-corrected chi connectivity index (χ0v) is 14.6. The van der Waals surface area contributed by atoms with Gasteiger partial charge in [0.05, 0.1) is 6.04 Å². The number of carbonyl (C=O) groups is 2. The lowest BCUT2D eigenvalue weighted by molar-refractivity contribution is -0.128. The maximum absolute atomic E-state index is 13.3. The number of carbonyl (C=O) groups excluding carboxylic acids is 2. The predicted octanol–water partition coefficient (Wildman–Crippen LogP) is 1.66. The predicted molar refractivity (Wildman–Crippen MR) is 94.2 cm³/mol. The summed E-state index contributed by atoms with van der Waals surface area (Å²) in [7, 11) is 0. The lowest BCUT2D eigenvalue weighted by Crippen LogP contribution is -2.39. The van der Waals surface area contributed by atoms with Crippen LogP contribution in [0.25, 0.3) is 0 Å². The summed E-state index contributed by atoms with van der Waals surface area (Å²) in [6, 6.07) is 7.23. The zero-order valence-electron chi connectivity index (χ0n) is 14.6. The Labute approximate surface area is 150 Å². The average molecular weight is 357 g/mol. The van der Waals surface area contributed by atoms with Crippen molar-refractivity contribution in [2.75, 3.05) is 6.54 Å². The van der Waals surface area contributed by atoms with Crippen molar-refractivity contribution in [3.8, 4) is 0 Å². The van der Waals surface area contributed by atoms with Crippen molar-refractivity contribution in [3.05, 3.63) is 68.9 Å². The van der Waals surface area contributed by atoms with Crippen LogP contribution in [-0.2, 0) is 11.3 Å². The average Bonchev–Trinajstić information content (AvgIpc) is 2.90. The summed E-state index contributed by atoms with van der Waals surface area (Å²) in [5.74, 6) is -0.971. The van der Waals surface area contributed by atoms with Crippen molar-refractivity contribution in [2.45, 2.75) is 32.9 Å². The SMILES string of the molecule is Cc1cc(C(=O)N[C@H]2CC(=O)N(Cc3cccc(F)c3)C2)c(=O)[nH]c1C. The molecule has 1 aliphatic heterocycles. The van der Waals surface area contributed by atoms with Crippen LogP contribution in [0.15, 0.2) is 35.1 Å². The van der Waals surface area contributed by atoms with Crippen molar-refractivity contribution in [2.24, 2.45) is 0 Å². The number of aryl methyl sites for hydroxylation is 2. The molecule has 1 atom stereocenters. The standard InChI is InChI=1S/C19H20FN3O3/c1-11-6-16(18(25)21-12(11)2)19(26)22-15-8-17(24)23(10-15)9-13-4-3-5-14(20)7-13/h3-7,15H,8-10H2,1-2H3,(H,21,25)(H,22,26)/t15-/m0/s1. The number of H-pyrrole nitrogens is 1. The van der Waals surface area contributed by atoms with Crippen LogP contribution in [0.1, 0.15) is 33.6 Å². The molecule has 0 saturated carbocycles. The molecule has 2 heterocycles. The van der Waals surface area contributed by atoms with Gasteiger partial charge in [-0.1, -0.05) is 12.1 Å². The van der Waals surface area contributed by atoms with Gasteiger partial charge in [0.15, 0.2) is 0 Å². The molecule has 1 aliphatic rings. The Balaban J connectivity index is 1.66. The number of nitrogens with one attached hydrogen (secondary N) is 2. The molecule has 0 radical (unpaired) electrons. The molecule has 3 rings (SSSR count). The van der Waals surface area contributed by atoms with Crippen molar-refractivity contribution in [1.29, 1.82) is 0 Å². The van der Waals surface area contributed by atoms with E-state index in [1.807, 2.05) is 6.92 Å². The van der Waals surface area contributed by atoms with Crippen LogP contribution in [0.5, 0.6) is 0 Å². The summed E-state index contributed by atoms with van der Waals surface area (Å²) < 4.78 is 13.3. The second-order valence-electron chi connectivity index (χ2n) is 6.60. The quantitative estimate of drug-likeness (QED) is 0.873. The molecule has 0 unspecified atom stereocenters. The normalized spacial score (nSPS) is 16.8. The van der Waals surface area contributed by atoms with E-state index < -0.39 is 11.5 Å². The molecule has 2 amide bonds. The van der Waals surface area contributed by atoms with Crippen molar-refractivity contribution in [1.82, 2.24) is 15.2 Å². The number of aromatic amines is 1. The second kappa shape index (κ2) is 7.11.